The predicted octanol–water partition coefficient (Wildman–Crippen LogP) is 2.81. The van der Waals surface area contributed by atoms with Crippen LogP contribution in [0.15, 0.2) is 0 Å². The van der Waals surface area contributed by atoms with E-state index in [1.165, 1.54) is 0 Å². The third kappa shape index (κ3) is 6.53. The summed E-state index contributed by atoms with van der Waals surface area (Å²) in [4.78, 5) is 0. The van der Waals surface area contributed by atoms with Gasteiger partial charge < -0.3 is 5.32 Å². The molecule has 0 saturated carbocycles. The van der Waals surface area contributed by atoms with Crippen molar-refractivity contribution in [1.29, 1.82) is 0 Å². The molecule has 74 valence electrons. The van der Waals surface area contributed by atoms with Gasteiger partial charge >= 0.3 is 0 Å². The number of rotatable bonds is 5. The lowest BCUT2D eigenvalue weighted by Crippen LogP contribution is -2.37. The van der Waals surface area contributed by atoms with Crippen LogP contribution >= 0.6 is 0 Å². The average Bonchev–Trinajstić information content (AvgIpc) is 1.82. The molecule has 1 N–H and O–H groups in total. The van der Waals surface area contributed by atoms with Crippen LogP contribution in [-0.2, 0) is 0 Å². The molecule has 0 aliphatic rings. The molecule has 0 aromatic rings. The Labute approximate surface area is 73.5 Å². The van der Waals surface area contributed by atoms with Crippen LogP contribution in [0.25, 0.3) is 0 Å². The largest absolute Gasteiger partial charge is 0.312 e. The summed E-state index contributed by atoms with van der Waals surface area (Å²) in [6.07, 6.45) is 0.684. The number of hydrogen-bond acceptors (Lipinski definition) is 1. The Morgan fingerprint density at radius 2 is 1.83 bits per heavy atom. The van der Waals surface area contributed by atoms with Gasteiger partial charge in [-0.25, -0.2) is 8.78 Å². The Kier molecular flexibility index (Phi) is 4.68. The number of alkyl halides is 2. The van der Waals surface area contributed by atoms with Gasteiger partial charge in [0.1, 0.15) is 0 Å². The fourth-order valence-electron chi connectivity index (χ4n) is 1.23. The van der Waals surface area contributed by atoms with E-state index < -0.39 is 5.92 Å². The zero-order chi connectivity index (χ0) is 9.78. The molecule has 0 saturated heterocycles. The van der Waals surface area contributed by atoms with Crippen molar-refractivity contribution in [3.05, 3.63) is 0 Å². The summed E-state index contributed by atoms with van der Waals surface area (Å²) in [7, 11) is 0. The molecule has 0 radical (unpaired) electrons. The lowest BCUT2D eigenvalue weighted by Gasteiger charge is -2.22. The molecule has 3 heteroatoms. The molecular weight excluding hydrogens is 160 g/mol. The van der Waals surface area contributed by atoms with Crippen LogP contribution in [0.3, 0.4) is 0 Å². The molecule has 0 spiro atoms. The molecule has 0 fully saturated rings. The van der Waals surface area contributed by atoms with Crippen molar-refractivity contribution in [3.8, 4) is 0 Å². The summed E-state index contributed by atoms with van der Waals surface area (Å²) in [6, 6.07) is 0.210. The van der Waals surface area contributed by atoms with E-state index in [1.54, 1.807) is 0 Å². The average molecular weight is 179 g/mol. The molecule has 0 bridgehead atoms. The number of hydrogen-bond donors (Lipinski definition) is 1. The Morgan fingerprint density at radius 1 is 1.33 bits per heavy atom. The number of halogens is 2. The molecule has 0 heterocycles. The van der Waals surface area contributed by atoms with E-state index in [-0.39, 0.29) is 18.5 Å². The van der Waals surface area contributed by atoms with Crippen molar-refractivity contribution in [1.82, 2.24) is 5.32 Å². The van der Waals surface area contributed by atoms with E-state index in [9.17, 15) is 8.78 Å². The Morgan fingerprint density at radius 3 is 2.08 bits per heavy atom. The Hall–Kier alpha value is -0.180. The van der Waals surface area contributed by atoms with Gasteiger partial charge in [-0.05, 0) is 13.3 Å². The first-order valence-corrected chi connectivity index (χ1v) is 4.49. The van der Waals surface area contributed by atoms with Gasteiger partial charge in [0.05, 0.1) is 0 Å². The summed E-state index contributed by atoms with van der Waals surface area (Å²) in [5.74, 6) is -2.55. The molecule has 0 aliphatic heterocycles. The zero-order valence-electron chi connectivity index (χ0n) is 8.32. The van der Waals surface area contributed by atoms with Gasteiger partial charge in [0.2, 0.25) is 5.92 Å². The molecule has 0 amide bonds. The van der Waals surface area contributed by atoms with E-state index in [2.05, 4.69) is 5.32 Å². The van der Waals surface area contributed by atoms with E-state index in [0.717, 1.165) is 13.3 Å². The molecular formula is C9H19F2N. The maximum atomic E-state index is 12.6. The second-order valence-electron chi connectivity index (χ2n) is 3.70. The quantitative estimate of drug-likeness (QED) is 0.684. The Bertz CT molecular complexity index is 118. The summed E-state index contributed by atoms with van der Waals surface area (Å²) in [5, 5.41) is 3.11. The summed E-state index contributed by atoms with van der Waals surface area (Å²) >= 11 is 0. The zero-order valence-corrected chi connectivity index (χ0v) is 8.32. The smallest absolute Gasteiger partial charge is 0.246 e. The lowest BCUT2D eigenvalue weighted by molar-refractivity contribution is 0.00156. The predicted molar refractivity (Wildman–Crippen MR) is 47.6 cm³/mol. The van der Waals surface area contributed by atoms with Crippen molar-refractivity contribution >= 4 is 0 Å². The fourth-order valence-corrected chi connectivity index (χ4v) is 1.23. The van der Waals surface area contributed by atoms with Crippen LogP contribution < -0.4 is 5.32 Å². The second-order valence-corrected chi connectivity index (χ2v) is 3.70. The van der Waals surface area contributed by atoms with Crippen molar-refractivity contribution < 1.29 is 8.78 Å². The SMILES string of the molecule is CCC(CC(C)(F)F)NC(C)C. The highest BCUT2D eigenvalue weighted by atomic mass is 19.3. The standard InChI is InChI=1S/C9H19F2N/c1-5-8(12-7(2)3)6-9(4,10)11/h7-8,12H,5-6H2,1-4H3. The van der Waals surface area contributed by atoms with Gasteiger partial charge in [-0.15, -0.1) is 0 Å². The minimum absolute atomic E-state index is 0.0648. The van der Waals surface area contributed by atoms with E-state index in [4.69, 9.17) is 0 Å². The first-order valence-electron chi connectivity index (χ1n) is 4.49. The fraction of sp³-hybridized carbons (Fsp3) is 1.00. The van der Waals surface area contributed by atoms with Gasteiger partial charge in [0.25, 0.3) is 0 Å². The highest BCUT2D eigenvalue weighted by Gasteiger charge is 2.25. The number of nitrogens with one attached hydrogen (secondary N) is 1. The Balaban J connectivity index is 3.83. The molecule has 0 aromatic carbocycles. The normalized spacial score (nSPS) is 15.2. The van der Waals surface area contributed by atoms with Crippen molar-refractivity contribution in [2.24, 2.45) is 0 Å². The summed E-state index contributed by atoms with van der Waals surface area (Å²) in [5.41, 5.74) is 0. The lowest BCUT2D eigenvalue weighted by atomic mass is 10.1. The van der Waals surface area contributed by atoms with Crippen LogP contribution in [0.1, 0.15) is 40.5 Å². The van der Waals surface area contributed by atoms with Crippen LogP contribution in [0.4, 0.5) is 8.78 Å². The first kappa shape index (κ1) is 11.8. The summed E-state index contributed by atoms with van der Waals surface area (Å²) in [6.45, 7) is 6.83. The minimum atomic E-state index is -2.55. The van der Waals surface area contributed by atoms with Gasteiger partial charge in [0, 0.05) is 18.5 Å². The summed E-state index contributed by atoms with van der Waals surface area (Å²) < 4.78 is 25.1. The van der Waals surface area contributed by atoms with Crippen LogP contribution in [0.5, 0.6) is 0 Å². The highest BCUT2D eigenvalue weighted by Crippen LogP contribution is 2.20. The molecule has 1 nitrogen and oxygen atoms in total. The van der Waals surface area contributed by atoms with Gasteiger partial charge in [-0.2, -0.15) is 0 Å². The monoisotopic (exact) mass is 179 g/mol. The molecule has 0 aliphatic carbocycles. The van der Waals surface area contributed by atoms with Crippen molar-refractivity contribution in [3.63, 3.8) is 0 Å². The molecule has 1 atom stereocenters. The second kappa shape index (κ2) is 4.75. The van der Waals surface area contributed by atoms with E-state index in [1.807, 2.05) is 20.8 Å². The molecule has 0 rings (SSSR count). The van der Waals surface area contributed by atoms with E-state index in [0.29, 0.717) is 0 Å². The van der Waals surface area contributed by atoms with Crippen molar-refractivity contribution in [2.45, 2.75) is 58.5 Å². The maximum Gasteiger partial charge on any atom is 0.246 e. The molecule has 1 unspecified atom stereocenters. The maximum absolute atomic E-state index is 12.6. The van der Waals surface area contributed by atoms with E-state index >= 15 is 0 Å². The molecule has 12 heavy (non-hydrogen) atoms. The minimum Gasteiger partial charge on any atom is -0.312 e. The highest BCUT2D eigenvalue weighted by molar-refractivity contribution is 4.73. The van der Waals surface area contributed by atoms with Crippen molar-refractivity contribution in [2.75, 3.05) is 0 Å². The van der Waals surface area contributed by atoms with Gasteiger partial charge in [0.15, 0.2) is 0 Å². The third-order valence-electron chi connectivity index (χ3n) is 1.67. The van der Waals surface area contributed by atoms with Crippen LogP contribution in [-0.4, -0.2) is 18.0 Å². The van der Waals surface area contributed by atoms with Gasteiger partial charge in [-0.3, -0.25) is 0 Å². The molecule has 0 aromatic heterocycles. The first-order chi connectivity index (χ1) is 5.35. The van der Waals surface area contributed by atoms with Crippen LogP contribution in [0, 0.1) is 0 Å². The third-order valence-corrected chi connectivity index (χ3v) is 1.67. The van der Waals surface area contributed by atoms with Gasteiger partial charge in [-0.1, -0.05) is 20.8 Å². The van der Waals surface area contributed by atoms with Crippen LogP contribution in [0.2, 0.25) is 0 Å². The topological polar surface area (TPSA) is 12.0 Å².